The molecule has 1 aliphatic carbocycles. The van der Waals surface area contributed by atoms with Crippen LogP contribution in [-0.4, -0.2) is 5.91 Å². The zero-order chi connectivity index (χ0) is 15.0. The zero-order valence-corrected chi connectivity index (χ0v) is 11.0. The standard InChI is InChI=1S/C16H12F3NO/c17-12-7-10(8-13(18)15(12)19)16(21)20-14-6-5-9-3-1-2-4-11(9)14/h1-4,7-8,14H,5-6H2,(H,20,21). The van der Waals surface area contributed by atoms with Crippen LogP contribution in [0.25, 0.3) is 0 Å². The van der Waals surface area contributed by atoms with Crippen LogP contribution < -0.4 is 5.32 Å². The molecule has 5 heteroatoms. The van der Waals surface area contributed by atoms with Crippen molar-refractivity contribution >= 4 is 5.91 Å². The van der Waals surface area contributed by atoms with Gasteiger partial charge in [-0.1, -0.05) is 24.3 Å². The van der Waals surface area contributed by atoms with Crippen molar-refractivity contribution < 1.29 is 18.0 Å². The van der Waals surface area contributed by atoms with E-state index in [0.717, 1.165) is 24.0 Å². The number of halogens is 3. The molecule has 0 spiro atoms. The lowest BCUT2D eigenvalue weighted by Crippen LogP contribution is -2.27. The summed E-state index contributed by atoms with van der Waals surface area (Å²) >= 11 is 0. The number of nitrogens with one attached hydrogen (secondary N) is 1. The van der Waals surface area contributed by atoms with Crippen molar-refractivity contribution in [2.24, 2.45) is 0 Å². The fourth-order valence-electron chi connectivity index (χ4n) is 2.64. The number of benzene rings is 2. The number of carbonyl (C=O) groups excluding carboxylic acids is 1. The zero-order valence-electron chi connectivity index (χ0n) is 11.0. The van der Waals surface area contributed by atoms with E-state index in [-0.39, 0.29) is 11.6 Å². The van der Waals surface area contributed by atoms with E-state index in [9.17, 15) is 18.0 Å². The van der Waals surface area contributed by atoms with E-state index >= 15 is 0 Å². The third kappa shape index (κ3) is 2.51. The van der Waals surface area contributed by atoms with Gasteiger partial charge in [-0.25, -0.2) is 13.2 Å². The van der Waals surface area contributed by atoms with E-state index in [1.807, 2.05) is 24.3 Å². The van der Waals surface area contributed by atoms with Crippen molar-refractivity contribution in [3.63, 3.8) is 0 Å². The van der Waals surface area contributed by atoms with Crippen molar-refractivity contribution in [2.75, 3.05) is 0 Å². The molecule has 0 radical (unpaired) electrons. The summed E-state index contributed by atoms with van der Waals surface area (Å²) in [6.07, 6.45) is 1.57. The lowest BCUT2D eigenvalue weighted by atomic mass is 10.1. The van der Waals surface area contributed by atoms with Gasteiger partial charge in [0.1, 0.15) is 0 Å². The molecule has 2 aromatic carbocycles. The fourth-order valence-corrected chi connectivity index (χ4v) is 2.64. The third-order valence-electron chi connectivity index (χ3n) is 3.68. The van der Waals surface area contributed by atoms with Gasteiger partial charge in [0.2, 0.25) is 0 Å². The number of aryl methyl sites for hydroxylation is 1. The number of carbonyl (C=O) groups is 1. The van der Waals surface area contributed by atoms with Crippen molar-refractivity contribution in [1.82, 2.24) is 5.32 Å². The van der Waals surface area contributed by atoms with Gasteiger partial charge in [0.05, 0.1) is 6.04 Å². The normalized spacial score (nSPS) is 16.6. The quantitative estimate of drug-likeness (QED) is 0.843. The lowest BCUT2D eigenvalue weighted by Gasteiger charge is -2.14. The topological polar surface area (TPSA) is 29.1 Å². The lowest BCUT2D eigenvalue weighted by molar-refractivity contribution is 0.0935. The Bertz CT molecular complexity index is 691. The maximum Gasteiger partial charge on any atom is 0.251 e. The monoisotopic (exact) mass is 291 g/mol. The van der Waals surface area contributed by atoms with Crippen molar-refractivity contribution in [3.8, 4) is 0 Å². The van der Waals surface area contributed by atoms with E-state index in [1.165, 1.54) is 0 Å². The summed E-state index contributed by atoms with van der Waals surface area (Å²) in [6, 6.07) is 8.92. The minimum atomic E-state index is -1.57. The molecule has 1 N–H and O–H groups in total. The van der Waals surface area contributed by atoms with Gasteiger partial charge in [0.25, 0.3) is 5.91 Å². The second kappa shape index (κ2) is 5.24. The van der Waals surface area contributed by atoms with Gasteiger partial charge in [-0.05, 0) is 36.1 Å². The molecule has 0 saturated carbocycles. The van der Waals surface area contributed by atoms with Crippen LogP contribution in [0.15, 0.2) is 36.4 Å². The maximum atomic E-state index is 13.2. The summed E-state index contributed by atoms with van der Waals surface area (Å²) in [5.41, 5.74) is 1.93. The van der Waals surface area contributed by atoms with Gasteiger partial charge in [-0.15, -0.1) is 0 Å². The molecule has 0 bridgehead atoms. The van der Waals surface area contributed by atoms with Crippen LogP contribution in [0.5, 0.6) is 0 Å². The number of hydrogen-bond acceptors (Lipinski definition) is 1. The molecule has 0 aliphatic heterocycles. The smallest absolute Gasteiger partial charge is 0.251 e. The first-order valence-corrected chi connectivity index (χ1v) is 6.59. The summed E-state index contributed by atoms with van der Waals surface area (Å²) in [7, 11) is 0. The summed E-state index contributed by atoms with van der Waals surface area (Å²) in [4.78, 5) is 12.1. The molecule has 0 heterocycles. The number of fused-ring (bicyclic) bond motifs is 1. The Morgan fingerprint density at radius 2 is 1.76 bits per heavy atom. The second-order valence-corrected chi connectivity index (χ2v) is 5.02. The molecular formula is C16H12F3NO. The Morgan fingerprint density at radius 1 is 1.10 bits per heavy atom. The van der Waals surface area contributed by atoms with Gasteiger partial charge in [-0.3, -0.25) is 4.79 Å². The Morgan fingerprint density at radius 3 is 2.48 bits per heavy atom. The highest BCUT2D eigenvalue weighted by Gasteiger charge is 2.24. The molecule has 1 atom stereocenters. The number of hydrogen-bond donors (Lipinski definition) is 1. The minimum absolute atomic E-state index is 0.190. The molecule has 3 rings (SSSR count). The molecule has 2 nitrogen and oxygen atoms in total. The van der Waals surface area contributed by atoms with Gasteiger partial charge in [0, 0.05) is 5.56 Å². The summed E-state index contributed by atoms with van der Waals surface area (Å²) in [6.45, 7) is 0. The molecule has 1 unspecified atom stereocenters. The van der Waals surface area contributed by atoms with E-state index < -0.39 is 23.4 Å². The molecule has 0 aromatic heterocycles. The molecule has 2 aromatic rings. The van der Waals surface area contributed by atoms with Crippen LogP contribution in [0.3, 0.4) is 0 Å². The number of rotatable bonds is 2. The fraction of sp³-hybridized carbons (Fsp3) is 0.188. The Balaban J connectivity index is 1.82. The molecule has 21 heavy (non-hydrogen) atoms. The van der Waals surface area contributed by atoms with E-state index in [4.69, 9.17) is 0 Å². The van der Waals surface area contributed by atoms with Crippen LogP contribution in [0, 0.1) is 17.5 Å². The van der Waals surface area contributed by atoms with Crippen LogP contribution in [-0.2, 0) is 6.42 Å². The first-order valence-electron chi connectivity index (χ1n) is 6.59. The first-order chi connectivity index (χ1) is 10.1. The Hall–Kier alpha value is -2.30. The largest absolute Gasteiger partial charge is 0.345 e. The predicted molar refractivity (Wildman–Crippen MR) is 71.3 cm³/mol. The average molecular weight is 291 g/mol. The summed E-state index contributed by atoms with van der Waals surface area (Å²) in [5.74, 6) is -4.92. The van der Waals surface area contributed by atoms with Gasteiger partial charge < -0.3 is 5.32 Å². The Labute approximate surface area is 119 Å². The molecular weight excluding hydrogens is 279 g/mol. The van der Waals surface area contributed by atoms with Gasteiger partial charge in [0.15, 0.2) is 17.5 Å². The maximum absolute atomic E-state index is 13.2. The second-order valence-electron chi connectivity index (χ2n) is 5.02. The van der Waals surface area contributed by atoms with Crippen molar-refractivity contribution in [3.05, 3.63) is 70.5 Å². The van der Waals surface area contributed by atoms with Gasteiger partial charge >= 0.3 is 0 Å². The molecule has 0 fully saturated rings. The van der Waals surface area contributed by atoms with Crippen LogP contribution in [0.4, 0.5) is 13.2 Å². The van der Waals surface area contributed by atoms with E-state index in [2.05, 4.69) is 5.32 Å². The summed E-state index contributed by atoms with van der Waals surface area (Å²) in [5, 5.41) is 2.73. The van der Waals surface area contributed by atoms with Crippen molar-refractivity contribution in [1.29, 1.82) is 0 Å². The third-order valence-corrected chi connectivity index (χ3v) is 3.68. The molecule has 0 saturated heterocycles. The first kappa shape index (κ1) is 13.7. The number of amides is 1. The minimum Gasteiger partial charge on any atom is -0.345 e. The highest BCUT2D eigenvalue weighted by Crippen LogP contribution is 2.31. The van der Waals surface area contributed by atoms with E-state index in [1.54, 1.807) is 0 Å². The SMILES string of the molecule is O=C(NC1CCc2ccccc21)c1cc(F)c(F)c(F)c1. The van der Waals surface area contributed by atoms with E-state index in [0.29, 0.717) is 12.1 Å². The summed E-state index contributed by atoms with van der Waals surface area (Å²) < 4.78 is 39.2. The van der Waals surface area contributed by atoms with Crippen LogP contribution >= 0.6 is 0 Å². The average Bonchev–Trinajstić information content (AvgIpc) is 2.87. The van der Waals surface area contributed by atoms with Crippen LogP contribution in [0.1, 0.15) is 33.9 Å². The predicted octanol–water partition coefficient (Wildman–Crippen LogP) is 3.52. The highest BCUT2D eigenvalue weighted by molar-refractivity contribution is 5.94. The molecule has 108 valence electrons. The Kier molecular flexibility index (Phi) is 3.41. The van der Waals surface area contributed by atoms with Gasteiger partial charge in [-0.2, -0.15) is 0 Å². The molecule has 1 amide bonds. The van der Waals surface area contributed by atoms with Crippen molar-refractivity contribution in [2.45, 2.75) is 18.9 Å². The highest BCUT2D eigenvalue weighted by atomic mass is 19.2. The van der Waals surface area contributed by atoms with Crippen LogP contribution in [0.2, 0.25) is 0 Å². The molecule has 1 aliphatic rings.